The van der Waals surface area contributed by atoms with E-state index in [2.05, 4.69) is 10.3 Å². The first-order valence-electron chi connectivity index (χ1n) is 8.09. The van der Waals surface area contributed by atoms with Crippen LogP contribution in [0, 0.1) is 12.7 Å². The largest absolute Gasteiger partial charge is 0.469 e. The maximum atomic E-state index is 13.7. The van der Waals surface area contributed by atoms with Gasteiger partial charge in [0.2, 0.25) is 0 Å². The van der Waals surface area contributed by atoms with Crippen LogP contribution < -0.4 is 5.32 Å². The average molecular weight is 332 g/mol. The number of nitrogens with one attached hydrogen (secondary N) is 1. The Morgan fingerprint density at radius 1 is 1.50 bits per heavy atom. The fraction of sp³-hybridized carbons (Fsp3) is 0.444. The van der Waals surface area contributed by atoms with Gasteiger partial charge in [0, 0.05) is 35.5 Å². The number of halogens is 1. The van der Waals surface area contributed by atoms with Crippen LogP contribution in [0.3, 0.4) is 0 Å². The molecule has 1 atom stereocenters. The summed E-state index contributed by atoms with van der Waals surface area (Å²) in [6, 6.07) is 4.48. The minimum Gasteiger partial charge on any atom is -0.469 e. The van der Waals surface area contributed by atoms with Gasteiger partial charge in [0.05, 0.1) is 25.2 Å². The van der Waals surface area contributed by atoms with Gasteiger partial charge in [-0.1, -0.05) is 0 Å². The van der Waals surface area contributed by atoms with Gasteiger partial charge < -0.3 is 14.8 Å². The molecular formula is C18H21FN2O3. The van der Waals surface area contributed by atoms with E-state index in [1.54, 1.807) is 6.07 Å². The van der Waals surface area contributed by atoms with Crippen molar-refractivity contribution >= 4 is 22.6 Å². The molecule has 3 rings (SSSR count). The Hall–Kier alpha value is -2.21. The number of aryl methyl sites for hydroxylation is 1. The van der Waals surface area contributed by atoms with Crippen molar-refractivity contribution in [3.8, 4) is 0 Å². The summed E-state index contributed by atoms with van der Waals surface area (Å²) in [5, 5.41) is 4.02. The van der Waals surface area contributed by atoms with E-state index in [0.29, 0.717) is 17.4 Å². The summed E-state index contributed by atoms with van der Waals surface area (Å²) in [7, 11) is 1.35. The van der Waals surface area contributed by atoms with Crippen molar-refractivity contribution in [1.29, 1.82) is 0 Å². The number of esters is 1. The fourth-order valence-corrected chi connectivity index (χ4v) is 3.05. The van der Waals surface area contributed by atoms with Gasteiger partial charge >= 0.3 is 5.97 Å². The zero-order chi connectivity index (χ0) is 17.1. The second-order valence-corrected chi connectivity index (χ2v) is 5.98. The highest BCUT2D eigenvalue weighted by Gasteiger charge is 2.20. The van der Waals surface area contributed by atoms with Crippen LogP contribution in [-0.4, -0.2) is 37.3 Å². The highest BCUT2D eigenvalue weighted by atomic mass is 19.1. The lowest BCUT2D eigenvalue weighted by molar-refractivity contribution is -0.139. The smallest absolute Gasteiger partial charge is 0.310 e. The Kier molecular flexibility index (Phi) is 4.94. The number of hydrogen-bond acceptors (Lipinski definition) is 5. The van der Waals surface area contributed by atoms with E-state index in [9.17, 15) is 9.18 Å². The monoisotopic (exact) mass is 332 g/mol. The summed E-state index contributed by atoms with van der Waals surface area (Å²) in [6.07, 6.45) is 2.27. The molecule has 1 fully saturated rings. The van der Waals surface area contributed by atoms with Gasteiger partial charge in [0.15, 0.2) is 0 Å². The molecule has 128 valence electrons. The van der Waals surface area contributed by atoms with E-state index in [1.807, 2.05) is 6.92 Å². The van der Waals surface area contributed by atoms with Gasteiger partial charge in [0.25, 0.3) is 0 Å². The first-order valence-corrected chi connectivity index (χ1v) is 8.09. The Balaban J connectivity index is 2.02. The van der Waals surface area contributed by atoms with Gasteiger partial charge in [-0.15, -0.1) is 0 Å². The third-order valence-corrected chi connectivity index (χ3v) is 4.33. The molecule has 1 saturated heterocycles. The van der Waals surface area contributed by atoms with E-state index in [0.717, 1.165) is 36.4 Å². The van der Waals surface area contributed by atoms with Crippen LogP contribution in [0.15, 0.2) is 18.2 Å². The molecule has 5 nitrogen and oxygen atoms in total. The SMILES string of the molecule is COC(=O)Cc1c(C)nc2ccc(F)cc2c1NCC1CCCO1. The van der Waals surface area contributed by atoms with E-state index in [-0.39, 0.29) is 24.3 Å². The highest BCUT2D eigenvalue weighted by Crippen LogP contribution is 2.30. The van der Waals surface area contributed by atoms with Crippen LogP contribution in [-0.2, 0) is 20.7 Å². The van der Waals surface area contributed by atoms with Crippen molar-refractivity contribution in [2.24, 2.45) is 0 Å². The Morgan fingerprint density at radius 2 is 2.33 bits per heavy atom. The standard InChI is InChI=1S/C18H21FN2O3/c1-11-14(9-17(22)23-2)18(20-10-13-4-3-7-24-13)15-8-12(19)5-6-16(15)21-11/h5-6,8,13H,3-4,7,9-10H2,1-2H3,(H,20,21). The molecule has 0 saturated carbocycles. The molecule has 1 aliphatic heterocycles. The molecule has 1 aromatic heterocycles. The number of benzene rings is 1. The van der Waals surface area contributed by atoms with Crippen LogP contribution >= 0.6 is 0 Å². The van der Waals surface area contributed by atoms with Crippen LogP contribution in [0.2, 0.25) is 0 Å². The molecule has 1 aliphatic rings. The van der Waals surface area contributed by atoms with E-state index in [4.69, 9.17) is 9.47 Å². The van der Waals surface area contributed by atoms with Crippen LogP contribution in [0.4, 0.5) is 10.1 Å². The van der Waals surface area contributed by atoms with E-state index in [1.165, 1.54) is 19.2 Å². The maximum Gasteiger partial charge on any atom is 0.310 e. The van der Waals surface area contributed by atoms with Crippen molar-refractivity contribution in [3.63, 3.8) is 0 Å². The molecule has 0 radical (unpaired) electrons. The van der Waals surface area contributed by atoms with E-state index < -0.39 is 0 Å². The first kappa shape index (κ1) is 16.6. The summed E-state index contributed by atoms with van der Waals surface area (Å²) in [5.41, 5.74) is 2.89. The third kappa shape index (κ3) is 3.48. The number of methoxy groups -OCH3 is 1. The number of anilines is 1. The van der Waals surface area contributed by atoms with Gasteiger partial charge in [-0.2, -0.15) is 0 Å². The van der Waals surface area contributed by atoms with Crippen molar-refractivity contribution in [2.45, 2.75) is 32.3 Å². The maximum absolute atomic E-state index is 13.7. The number of rotatable bonds is 5. The number of ether oxygens (including phenoxy) is 2. The number of aromatic nitrogens is 1. The second-order valence-electron chi connectivity index (χ2n) is 5.98. The molecular weight excluding hydrogens is 311 g/mol. The lowest BCUT2D eigenvalue weighted by Crippen LogP contribution is -2.20. The molecule has 1 unspecified atom stereocenters. The van der Waals surface area contributed by atoms with Crippen molar-refractivity contribution in [3.05, 3.63) is 35.3 Å². The number of fused-ring (bicyclic) bond motifs is 1. The summed E-state index contributed by atoms with van der Waals surface area (Å²) < 4.78 is 24.2. The summed E-state index contributed by atoms with van der Waals surface area (Å²) in [4.78, 5) is 16.3. The van der Waals surface area contributed by atoms with Crippen molar-refractivity contribution < 1.29 is 18.7 Å². The fourth-order valence-electron chi connectivity index (χ4n) is 3.05. The molecule has 0 spiro atoms. The minimum atomic E-state index is -0.351. The zero-order valence-corrected chi connectivity index (χ0v) is 13.9. The topological polar surface area (TPSA) is 60.5 Å². The number of nitrogens with zero attached hydrogens (tertiary/aromatic N) is 1. The van der Waals surface area contributed by atoms with Gasteiger partial charge in [-0.25, -0.2) is 4.39 Å². The minimum absolute atomic E-state index is 0.0929. The first-order chi connectivity index (χ1) is 11.6. The zero-order valence-electron chi connectivity index (χ0n) is 13.9. The molecule has 2 heterocycles. The molecule has 0 aliphatic carbocycles. The predicted octanol–water partition coefficient (Wildman–Crippen LogP) is 2.99. The number of hydrogen-bond donors (Lipinski definition) is 1. The molecule has 2 aromatic rings. The Morgan fingerprint density at radius 3 is 3.04 bits per heavy atom. The average Bonchev–Trinajstić information content (AvgIpc) is 3.08. The van der Waals surface area contributed by atoms with Crippen LogP contribution in [0.1, 0.15) is 24.1 Å². The van der Waals surface area contributed by atoms with Crippen LogP contribution in [0.25, 0.3) is 10.9 Å². The van der Waals surface area contributed by atoms with Crippen molar-refractivity contribution in [2.75, 3.05) is 25.6 Å². The Bertz CT molecular complexity index is 758. The molecule has 6 heteroatoms. The van der Waals surface area contributed by atoms with Gasteiger partial charge in [-0.3, -0.25) is 9.78 Å². The molecule has 1 N–H and O–H groups in total. The molecule has 24 heavy (non-hydrogen) atoms. The number of carbonyl (C=O) groups is 1. The molecule has 1 aromatic carbocycles. The number of pyridine rings is 1. The quantitative estimate of drug-likeness (QED) is 0.853. The number of carbonyl (C=O) groups excluding carboxylic acids is 1. The molecule has 0 amide bonds. The summed E-state index contributed by atoms with van der Waals surface area (Å²) >= 11 is 0. The highest BCUT2D eigenvalue weighted by molar-refractivity contribution is 5.95. The lowest BCUT2D eigenvalue weighted by atomic mass is 10.0. The van der Waals surface area contributed by atoms with Crippen molar-refractivity contribution in [1.82, 2.24) is 4.98 Å². The van der Waals surface area contributed by atoms with Gasteiger partial charge in [0.1, 0.15) is 5.82 Å². The summed E-state index contributed by atoms with van der Waals surface area (Å²) in [5.74, 6) is -0.687. The predicted molar refractivity (Wildman–Crippen MR) is 89.6 cm³/mol. The molecule has 0 bridgehead atoms. The normalized spacial score (nSPS) is 17.2. The second kappa shape index (κ2) is 7.13. The van der Waals surface area contributed by atoms with E-state index >= 15 is 0 Å². The third-order valence-electron chi connectivity index (χ3n) is 4.33. The lowest BCUT2D eigenvalue weighted by Gasteiger charge is -2.18. The summed E-state index contributed by atoms with van der Waals surface area (Å²) in [6.45, 7) is 3.23. The van der Waals surface area contributed by atoms with Crippen LogP contribution in [0.5, 0.6) is 0 Å². The Labute approximate surface area is 140 Å². The van der Waals surface area contributed by atoms with Gasteiger partial charge in [-0.05, 0) is 38.0 Å².